The Labute approximate surface area is 168 Å². The summed E-state index contributed by atoms with van der Waals surface area (Å²) in [5, 5.41) is 17.4. The van der Waals surface area contributed by atoms with E-state index in [-0.39, 0.29) is 17.6 Å². The van der Waals surface area contributed by atoms with Gasteiger partial charge in [-0.05, 0) is 24.3 Å². The zero-order chi connectivity index (χ0) is 24.2. The number of hydrogen-bond acceptors (Lipinski definition) is 6. The van der Waals surface area contributed by atoms with Crippen LogP contribution in [0.15, 0.2) is 24.3 Å². The normalized spacial score (nSPS) is 13.4. The molecule has 0 saturated heterocycles. The Kier molecular flexibility index (Phi) is 5.70. The Morgan fingerprint density at radius 3 is 1.77 bits per heavy atom. The Morgan fingerprint density at radius 1 is 0.903 bits per heavy atom. The van der Waals surface area contributed by atoms with Gasteiger partial charge in [-0.2, -0.15) is 43.2 Å². The van der Waals surface area contributed by atoms with E-state index in [9.17, 15) is 52.8 Å². The summed E-state index contributed by atoms with van der Waals surface area (Å²) in [6.07, 6.45) is 0. The minimum atomic E-state index is -7.13. The molecular formula is C13H8F6N2O8S2. The van der Waals surface area contributed by atoms with Crippen LogP contribution in [0.3, 0.4) is 0 Å². The Hall–Kier alpha value is -3.02. The van der Waals surface area contributed by atoms with Crippen LogP contribution in [0.25, 0.3) is 10.9 Å². The molecule has 1 aromatic carbocycles. The molecular weight excluding hydrogens is 490 g/mol. The lowest BCUT2D eigenvalue weighted by Gasteiger charge is -2.25. The van der Waals surface area contributed by atoms with Gasteiger partial charge in [-0.3, -0.25) is 4.79 Å². The topological polar surface area (TPSA) is 151 Å². The number of alkyl halides is 6. The van der Waals surface area contributed by atoms with Crippen LogP contribution in [0.1, 0.15) is 10.5 Å². The van der Waals surface area contributed by atoms with Gasteiger partial charge in [0.1, 0.15) is 12.2 Å². The Morgan fingerprint density at radius 2 is 1.39 bits per heavy atom. The lowest BCUT2D eigenvalue weighted by Crippen LogP contribution is -2.49. The molecule has 0 spiro atoms. The van der Waals surface area contributed by atoms with Crippen molar-refractivity contribution in [3.63, 3.8) is 0 Å². The number of nitrogens with zero attached hydrogens (tertiary/aromatic N) is 2. The monoisotopic (exact) mass is 498 g/mol. The highest BCUT2D eigenvalue weighted by Crippen LogP contribution is 2.39. The molecule has 1 heterocycles. The molecule has 0 atom stereocenters. The molecule has 0 fully saturated rings. The molecule has 2 rings (SSSR count). The van der Waals surface area contributed by atoms with Crippen LogP contribution in [0.5, 0.6) is 0 Å². The number of aromatic carboxylic acids is 1. The van der Waals surface area contributed by atoms with E-state index in [1.54, 1.807) is 0 Å². The molecule has 0 radical (unpaired) electrons. The summed E-state index contributed by atoms with van der Waals surface area (Å²) >= 11 is 0. The van der Waals surface area contributed by atoms with Gasteiger partial charge in [-0.25, -0.2) is 4.79 Å². The van der Waals surface area contributed by atoms with Crippen molar-refractivity contribution in [1.29, 1.82) is 0 Å². The fraction of sp³-hybridized carbons (Fsp3) is 0.231. The van der Waals surface area contributed by atoms with Gasteiger partial charge in [0.2, 0.25) is 0 Å². The van der Waals surface area contributed by atoms with Gasteiger partial charge in [0.05, 0.1) is 5.69 Å². The first-order valence-corrected chi connectivity index (χ1v) is 10.2. The number of halogens is 6. The first-order valence-electron chi connectivity index (χ1n) is 7.34. The predicted molar refractivity (Wildman–Crippen MR) is 89.0 cm³/mol. The largest absolute Gasteiger partial charge is 0.517 e. The average molecular weight is 498 g/mol. The Balaban J connectivity index is 2.89. The number of aliphatic carboxylic acids is 1. The van der Waals surface area contributed by atoms with Gasteiger partial charge in [-0.1, -0.05) is 0 Å². The molecule has 31 heavy (non-hydrogen) atoms. The van der Waals surface area contributed by atoms with Crippen LogP contribution in [0.4, 0.5) is 32.0 Å². The second-order valence-corrected chi connectivity index (χ2v) is 9.44. The van der Waals surface area contributed by atoms with Crippen molar-refractivity contribution >= 4 is 48.6 Å². The third kappa shape index (κ3) is 4.11. The van der Waals surface area contributed by atoms with Gasteiger partial charge in [-0.15, -0.1) is 3.71 Å². The van der Waals surface area contributed by atoms with Crippen molar-refractivity contribution in [3.8, 4) is 0 Å². The average Bonchev–Trinajstić information content (AvgIpc) is 2.90. The van der Waals surface area contributed by atoms with Crippen molar-refractivity contribution < 1.29 is 63.0 Å². The second-order valence-electron chi connectivity index (χ2n) is 5.66. The molecule has 0 aliphatic heterocycles. The number of carbonyl (C=O) groups is 2. The highest BCUT2D eigenvalue weighted by Gasteiger charge is 2.61. The summed E-state index contributed by atoms with van der Waals surface area (Å²) in [4.78, 5) is 22.2. The van der Waals surface area contributed by atoms with E-state index < -0.39 is 70.0 Å². The van der Waals surface area contributed by atoms with Crippen molar-refractivity contribution in [1.82, 2.24) is 4.57 Å². The molecule has 18 heteroatoms. The highest BCUT2D eigenvalue weighted by molar-refractivity contribution is 8.11. The molecule has 0 aliphatic rings. The maximum Gasteiger partial charge on any atom is 0.517 e. The van der Waals surface area contributed by atoms with Crippen LogP contribution < -0.4 is 3.71 Å². The van der Waals surface area contributed by atoms with Gasteiger partial charge in [0.15, 0.2) is 0 Å². The third-order valence-electron chi connectivity index (χ3n) is 3.63. The van der Waals surface area contributed by atoms with E-state index >= 15 is 0 Å². The number of carboxylic acids is 2. The molecule has 0 saturated carbocycles. The first kappa shape index (κ1) is 24.3. The van der Waals surface area contributed by atoms with Gasteiger partial charge in [0, 0.05) is 10.9 Å². The van der Waals surface area contributed by atoms with E-state index in [0.29, 0.717) is 16.7 Å². The van der Waals surface area contributed by atoms with Crippen LogP contribution in [-0.2, 0) is 31.4 Å². The number of benzene rings is 1. The molecule has 1 aromatic heterocycles. The van der Waals surface area contributed by atoms with Crippen molar-refractivity contribution in [2.24, 2.45) is 0 Å². The number of sulfonamides is 2. The van der Waals surface area contributed by atoms with E-state index in [4.69, 9.17) is 10.2 Å². The molecule has 2 aromatic rings. The number of fused-ring (bicyclic) bond motifs is 1. The van der Waals surface area contributed by atoms with Crippen LogP contribution >= 0.6 is 0 Å². The summed E-state index contributed by atoms with van der Waals surface area (Å²) in [5.74, 6) is -3.30. The van der Waals surface area contributed by atoms with E-state index in [0.717, 1.165) is 0 Å². The molecule has 10 nitrogen and oxygen atoms in total. The summed E-state index contributed by atoms with van der Waals surface area (Å²) in [5.41, 5.74) is -15.7. The maximum atomic E-state index is 12.9. The van der Waals surface area contributed by atoms with Gasteiger partial charge < -0.3 is 14.8 Å². The van der Waals surface area contributed by atoms with Crippen molar-refractivity contribution in [3.05, 3.63) is 30.0 Å². The lowest BCUT2D eigenvalue weighted by molar-refractivity contribution is -0.137. The van der Waals surface area contributed by atoms with Crippen molar-refractivity contribution in [2.45, 2.75) is 17.6 Å². The quantitative estimate of drug-likeness (QED) is 0.574. The number of carboxylic acid groups (broad SMARTS) is 2. The van der Waals surface area contributed by atoms with Crippen LogP contribution in [-0.4, -0.2) is 54.6 Å². The zero-order valence-electron chi connectivity index (χ0n) is 14.3. The minimum absolute atomic E-state index is 0.221. The standard InChI is InChI=1S/C13H8F6N2O8S2/c14-12(15,16)30(26,27)21(31(28,29)13(17,18)19)7-1-2-8-6(3-7)4-9(11(24)25)20(8)5-10(22)23/h1-4H,5H2,(H,22,23)(H,24,25). The van der Waals surface area contributed by atoms with E-state index in [1.165, 1.54) is 0 Å². The third-order valence-corrected chi connectivity index (χ3v) is 7.27. The number of anilines is 1. The highest BCUT2D eigenvalue weighted by atomic mass is 32.3. The minimum Gasteiger partial charge on any atom is -0.480 e. The summed E-state index contributed by atoms with van der Waals surface area (Å²) in [6, 6.07) is 1.64. The summed E-state index contributed by atoms with van der Waals surface area (Å²) in [7, 11) is -14.3. The van der Waals surface area contributed by atoms with E-state index in [1.807, 2.05) is 0 Å². The summed E-state index contributed by atoms with van der Waals surface area (Å²) in [6.45, 7) is -0.990. The number of aromatic nitrogens is 1. The predicted octanol–water partition coefficient (Wildman–Crippen LogP) is 1.93. The number of hydrogen-bond donors (Lipinski definition) is 2. The van der Waals surface area contributed by atoms with Gasteiger partial charge >= 0.3 is 43.0 Å². The number of rotatable bonds is 6. The molecule has 0 bridgehead atoms. The SMILES string of the molecule is O=C(O)Cn1c(C(=O)O)cc2cc(N(S(=O)(=O)C(F)(F)F)S(=O)(=O)C(F)(F)F)ccc21. The van der Waals surface area contributed by atoms with Crippen molar-refractivity contribution in [2.75, 3.05) is 3.71 Å². The first-order chi connectivity index (χ1) is 13.8. The smallest absolute Gasteiger partial charge is 0.480 e. The van der Waals surface area contributed by atoms with Crippen LogP contribution in [0.2, 0.25) is 0 Å². The molecule has 0 unspecified atom stereocenters. The molecule has 172 valence electrons. The zero-order valence-corrected chi connectivity index (χ0v) is 16.0. The molecule has 2 N–H and O–H groups in total. The van der Waals surface area contributed by atoms with Crippen LogP contribution in [0, 0.1) is 0 Å². The second kappa shape index (κ2) is 7.29. The maximum absolute atomic E-state index is 12.9. The fourth-order valence-corrected chi connectivity index (χ4v) is 5.15. The summed E-state index contributed by atoms with van der Waals surface area (Å²) < 4.78 is 123. The van der Waals surface area contributed by atoms with E-state index in [2.05, 4.69) is 0 Å². The lowest BCUT2D eigenvalue weighted by atomic mass is 10.2. The van der Waals surface area contributed by atoms with Gasteiger partial charge in [0.25, 0.3) is 0 Å². The molecule has 0 amide bonds. The fourth-order valence-electron chi connectivity index (χ4n) is 2.45. The Bertz CT molecular complexity index is 1230. The molecule has 0 aliphatic carbocycles.